The molecule has 1 heterocycles. The highest BCUT2D eigenvalue weighted by Gasteiger charge is 2.65. The summed E-state index contributed by atoms with van der Waals surface area (Å²) in [6.07, 6.45) is 11.7. The molecule has 0 saturated heterocycles. The number of allylic oxidation sites excluding steroid dienone is 1. The number of H-pyrrole nitrogens is 1. The summed E-state index contributed by atoms with van der Waals surface area (Å²) < 4.78 is 6.29. The minimum absolute atomic E-state index is 0.0230. The van der Waals surface area contributed by atoms with Crippen LogP contribution in [0.5, 0.6) is 0 Å². The highest BCUT2D eigenvalue weighted by atomic mass is 35.5. The molecular formula is C47H62ClN3O5. The zero-order valence-corrected chi connectivity index (χ0v) is 35.4. The van der Waals surface area contributed by atoms with Gasteiger partial charge in [0.05, 0.1) is 23.3 Å². The number of imidazole rings is 1. The normalized spacial score (nSPS) is 39.2. The number of esters is 1. The van der Waals surface area contributed by atoms with Gasteiger partial charge in [0.25, 0.3) is 0 Å². The average molecular weight is 784 g/mol. The van der Waals surface area contributed by atoms with Gasteiger partial charge in [-0.2, -0.15) is 0 Å². The van der Waals surface area contributed by atoms with Gasteiger partial charge >= 0.3 is 5.97 Å². The Bertz CT molecular complexity index is 1950. The number of nitrogens with one attached hydrogen (secondary N) is 2. The number of aldehydes is 1. The van der Waals surface area contributed by atoms with Gasteiger partial charge < -0.3 is 19.8 Å². The molecule has 302 valence electrons. The lowest BCUT2D eigenvalue weighted by Crippen LogP contribution is -2.63. The molecule has 2 aromatic rings. The standard InChI is InChI=1S/C47H62ClN3O5/c1-25(2)39-36(53)22-47(51-43(55)44(5,6)42-49-23-35(50-42)28-9-11-30(48)12-10-28)20-16-34-31(40(39)47)13-14-38-45(7)19-17-37(27(4)33(45)15-18-46(34,38)8)56-41(54)32-21-29(24-52)26(32)3/h9-12,23-27,29,31-34,37-38H,13-22H2,1-8H3,(H,49,50)(H,51,55). The second-order valence-electron chi connectivity index (χ2n) is 20.3. The quantitative estimate of drug-likeness (QED) is 0.204. The fraction of sp³-hybridized carbons (Fsp3) is 0.681. The first kappa shape index (κ1) is 39.6. The van der Waals surface area contributed by atoms with E-state index in [1.807, 2.05) is 45.0 Å². The summed E-state index contributed by atoms with van der Waals surface area (Å²) in [5.41, 5.74) is 2.59. The largest absolute Gasteiger partial charge is 0.462 e. The van der Waals surface area contributed by atoms with E-state index in [9.17, 15) is 19.2 Å². The smallest absolute Gasteiger partial charge is 0.309 e. The van der Waals surface area contributed by atoms with Gasteiger partial charge in [0.1, 0.15) is 23.6 Å². The van der Waals surface area contributed by atoms with E-state index >= 15 is 0 Å². The van der Waals surface area contributed by atoms with Crippen molar-refractivity contribution >= 4 is 35.5 Å². The number of ketones is 1. The predicted octanol–water partition coefficient (Wildman–Crippen LogP) is 9.46. The Balaban J connectivity index is 1.02. The molecule has 12 atom stereocenters. The SMILES string of the molecule is CC(C)C1=C2C3CCC4C(C)(CCC5C(C)C(OC(=O)C6CC(C=O)C6C)CCC54C)C3CCC2(NC(=O)C(C)(C)c2ncc(-c3ccc(Cl)cc3)[nH]2)CC1=O. The molecule has 5 saturated carbocycles. The lowest BCUT2D eigenvalue weighted by atomic mass is 9.38. The third-order valence-electron chi connectivity index (χ3n) is 16.9. The number of ether oxygens (including phenoxy) is 1. The van der Waals surface area contributed by atoms with Crippen molar-refractivity contribution in [3.8, 4) is 11.3 Å². The summed E-state index contributed by atoms with van der Waals surface area (Å²) in [6.45, 7) is 17.5. The monoisotopic (exact) mass is 783 g/mol. The predicted molar refractivity (Wildman–Crippen MR) is 217 cm³/mol. The molecule has 6 aliphatic rings. The van der Waals surface area contributed by atoms with Crippen molar-refractivity contribution in [1.29, 1.82) is 0 Å². The van der Waals surface area contributed by atoms with Crippen LogP contribution >= 0.6 is 11.6 Å². The molecule has 0 bridgehead atoms. The topological polar surface area (TPSA) is 118 Å². The number of halogens is 1. The molecule has 6 aliphatic carbocycles. The lowest BCUT2D eigenvalue weighted by Gasteiger charge is -2.67. The van der Waals surface area contributed by atoms with Crippen LogP contribution in [-0.2, 0) is 29.3 Å². The first-order valence-corrected chi connectivity index (χ1v) is 21.9. The first-order chi connectivity index (χ1) is 26.4. The van der Waals surface area contributed by atoms with Crippen LogP contribution in [-0.4, -0.2) is 45.6 Å². The maximum Gasteiger partial charge on any atom is 0.309 e. The first-order valence-electron chi connectivity index (χ1n) is 21.5. The van der Waals surface area contributed by atoms with E-state index in [1.54, 1.807) is 6.20 Å². The minimum atomic E-state index is -0.959. The Kier molecular flexibility index (Phi) is 9.85. The van der Waals surface area contributed by atoms with E-state index in [-0.39, 0.29) is 70.1 Å². The molecule has 12 unspecified atom stereocenters. The molecule has 9 heteroatoms. The number of carbonyl (C=O) groups excluding carboxylic acids is 4. The van der Waals surface area contributed by atoms with Gasteiger partial charge in [0.2, 0.25) is 5.91 Å². The summed E-state index contributed by atoms with van der Waals surface area (Å²) >= 11 is 6.13. The van der Waals surface area contributed by atoms with Crippen LogP contribution in [0.2, 0.25) is 5.02 Å². The highest BCUT2D eigenvalue weighted by molar-refractivity contribution is 6.30. The van der Waals surface area contributed by atoms with E-state index in [2.05, 4.69) is 49.9 Å². The third-order valence-corrected chi connectivity index (χ3v) is 17.2. The van der Waals surface area contributed by atoms with Crippen molar-refractivity contribution in [1.82, 2.24) is 15.3 Å². The molecule has 5 fully saturated rings. The van der Waals surface area contributed by atoms with Crippen LogP contribution in [0.4, 0.5) is 0 Å². The molecule has 1 aromatic heterocycles. The van der Waals surface area contributed by atoms with E-state index in [0.29, 0.717) is 41.4 Å². The Hall–Kier alpha value is -3.26. The molecule has 0 aliphatic heterocycles. The van der Waals surface area contributed by atoms with E-state index in [0.717, 1.165) is 74.5 Å². The van der Waals surface area contributed by atoms with Gasteiger partial charge in [-0.1, -0.05) is 65.3 Å². The second kappa shape index (κ2) is 13.9. The summed E-state index contributed by atoms with van der Waals surface area (Å²) in [6, 6.07) is 7.56. The molecule has 0 radical (unpaired) electrons. The van der Waals surface area contributed by atoms with Crippen LogP contribution in [0.25, 0.3) is 11.3 Å². The van der Waals surface area contributed by atoms with Gasteiger partial charge in [-0.3, -0.25) is 14.4 Å². The highest BCUT2D eigenvalue weighted by Crippen LogP contribution is 2.70. The second-order valence-corrected chi connectivity index (χ2v) is 20.7. The number of nitrogens with zero attached hydrogens (tertiary/aromatic N) is 1. The summed E-state index contributed by atoms with van der Waals surface area (Å²) in [5, 5.41) is 4.23. The Labute approximate surface area is 338 Å². The number of carbonyl (C=O) groups is 4. The van der Waals surface area contributed by atoms with Crippen LogP contribution in [0.3, 0.4) is 0 Å². The van der Waals surface area contributed by atoms with Gasteiger partial charge in [0.15, 0.2) is 5.78 Å². The van der Waals surface area contributed by atoms with Crippen molar-refractivity contribution in [2.75, 3.05) is 0 Å². The number of Topliss-reactive ketones (excluding diaryl/α,β-unsaturated/α-hetero) is 1. The fourth-order valence-corrected chi connectivity index (χ4v) is 13.8. The Morgan fingerprint density at radius 3 is 2.34 bits per heavy atom. The van der Waals surface area contributed by atoms with Crippen LogP contribution in [0.1, 0.15) is 125 Å². The van der Waals surface area contributed by atoms with Crippen molar-refractivity contribution in [2.24, 2.45) is 64.1 Å². The van der Waals surface area contributed by atoms with Gasteiger partial charge in [-0.05, 0) is 153 Å². The van der Waals surface area contributed by atoms with Gasteiger partial charge in [-0.25, -0.2) is 4.98 Å². The van der Waals surface area contributed by atoms with Crippen LogP contribution in [0.15, 0.2) is 41.6 Å². The molecule has 1 amide bonds. The molecule has 8 nitrogen and oxygen atoms in total. The van der Waals surface area contributed by atoms with E-state index in [1.165, 1.54) is 5.57 Å². The Morgan fingerprint density at radius 2 is 1.66 bits per heavy atom. The van der Waals surface area contributed by atoms with Crippen molar-refractivity contribution in [3.05, 3.63) is 52.5 Å². The zero-order valence-electron chi connectivity index (χ0n) is 34.7. The number of hydrogen-bond donors (Lipinski definition) is 2. The number of rotatable bonds is 8. The molecule has 2 N–H and O–H groups in total. The minimum Gasteiger partial charge on any atom is -0.462 e. The fourth-order valence-electron chi connectivity index (χ4n) is 13.6. The summed E-state index contributed by atoms with van der Waals surface area (Å²) in [7, 11) is 0. The molecule has 56 heavy (non-hydrogen) atoms. The molecule has 8 rings (SSSR count). The molecule has 0 spiro atoms. The molecule has 1 aromatic carbocycles. The van der Waals surface area contributed by atoms with Crippen molar-refractivity contribution < 1.29 is 23.9 Å². The Morgan fingerprint density at radius 1 is 0.982 bits per heavy atom. The van der Waals surface area contributed by atoms with Crippen molar-refractivity contribution in [2.45, 2.75) is 137 Å². The maximum atomic E-state index is 14.6. The zero-order chi connectivity index (χ0) is 40.1. The number of fused-ring (bicyclic) bond motifs is 7. The molecular weight excluding hydrogens is 722 g/mol. The van der Waals surface area contributed by atoms with Gasteiger partial charge in [-0.15, -0.1) is 0 Å². The van der Waals surface area contributed by atoms with Crippen molar-refractivity contribution in [3.63, 3.8) is 0 Å². The van der Waals surface area contributed by atoms with Gasteiger partial charge in [0, 0.05) is 17.4 Å². The maximum absolute atomic E-state index is 14.6. The van der Waals surface area contributed by atoms with Crippen LogP contribution < -0.4 is 5.32 Å². The third kappa shape index (κ3) is 5.99. The lowest BCUT2D eigenvalue weighted by molar-refractivity contribution is -0.195. The number of amides is 1. The number of benzene rings is 1. The summed E-state index contributed by atoms with van der Waals surface area (Å²) in [4.78, 5) is 61.4. The van der Waals surface area contributed by atoms with Crippen LogP contribution in [0, 0.1) is 64.1 Å². The number of aromatic nitrogens is 2. The summed E-state index contributed by atoms with van der Waals surface area (Å²) in [5.74, 6) is 2.54. The number of aromatic amines is 1. The van der Waals surface area contributed by atoms with E-state index < -0.39 is 11.0 Å². The number of hydrogen-bond acceptors (Lipinski definition) is 6. The van der Waals surface area contributed by atoms with E-state index in [4.69, 9.17) is 16.3 Å². The average Bonchev–Trinajstić information content (AvgIpc) is 3.76.